The molecule has 0 radical (unpaired) electrons. The molecule has 0 spiro atoms. The number of benzene rings is 1. The van der Waals surface area contributed by atoms with E-state index in [-0.39, 0.29) is 5.91 Å². The summed E-state index contributed by atoms with van der Waals surface area (Å²) in [6, 6.07) is 10.0. The summed E-state index contributed by atoms with van der Waals surface area (Å²) in [6.07, 6.45) is 12.6. The molecule has 3 heteroatoms. The fourth-order valence-electron chi connectivity index (χ4n) is 2.70. The lowest BCUT2D eigenvalue weighted by molar-refractivity contribution is -0.117. The minimum Gasteiger partial charge on any atom is -0.494 e. The molecule has 0 saturated heterocycles. The predicted octanol–water partition coefficient (Wildman–Crippen LogP) is 5.66. The summed E-state index contributed by atoms with van der Waals surface area (Å²) in [4.78, 5) is 11.3. The largest absolute Gasteiger partial charge is 0.494 e. The van der Waals surface area contributed by atoms with Crippen molar-refractivity contribution in [3.05, 3.63) is 42.5 Å². The monoisotopic (exact) mass is 345 g/mol. The minimum atomic E-state index is -0.0193. The number of carbonyl (C=O) groups is 1. The van der Waals surface area contributed by atoms with Crippen LogP contribution in [0.4, 0.5) is 0 Å². The third-order valence-corrected chi connectivity index (χ3v) is 4.26. The number of nitrogens with one attached hydrogen (secondary N) is 1. The summed E-state index contributed by atoms with van der Waals surface area (Å²) < 4.78 is 5.69. The molecule has 0 saturated carbocycles. The lowest BCUT2D eigenvalue weighted by atomic mass is 10.1. The lowest BCUT2D eigenvalue weighted by Crippen LogP contribution is -2.24. The second kappa shape index (κ2) is 14.6. The van der Waals surface area contributed by atoms with Crippen LogP contribution in [0.3, 0.4) is 0 Å². The molecule has 1 amide bonds. The summed E-state index contributed by atoms with van der Waals surface area (Å²) in [5.74, 6) is 0.955. The van der Waals surface area contributed by atoms with Crippen molar-refractivity contribution >= 4 is 5.91 Å². The second-order valence-corrected chi connectivity index (χ2v) is 6.73. The van der Waals surface area contributed by atoms with E-state index >= 15 is 0 Å². The molecular weight excluding hydrogens is 310 g/mol. The van der Waals surface area contributed by atoms with Crippen molar-refractivity contribution in [2.75, 3.05) is 13.2 Å². The van der Waals surface area contributed by atoms with Crippen molar-refractivity contribution in [3.8, 4) is 5.75 Å². The van der Waals surface area contributed by atoms with Gasteiger partial charge in [0.25, 0.3) is 0 Å². The number of carbonyl (C=O) groups excluding carboxylic acids is 1. The molecule has 0 aliphatic carbocycles. The van der Waals surface area contributed by atoms with Crippen molar-refractivity contribution in [2.24, 2.45) is 0 Å². The first-order valence-electron chi connectivity index (χ1n) is 9.81. The molecule has 3 nitrogen and oxygen atoms in total. The average molecular weight is 346 g/mol. The van der Waals surface area contributed by atoms with Crippen molar-refractivity contribution < 1.29 is 9.53 Å². The van der Waals surface area contributed by atoms with Gasteiger partial charge in [0, 0.05) is 12.1 Å². The maximum Gasteiger partial charge on any atom is 0.246 e. The van der Waals surface area contributed by atoms with Crippen molar-refractivity contribution in [3.63, 3.8) is 0 Å². The molecule has 25 heavy (non-hydrogen) atoms. The van der Waals surface area contributed by atoms with Gasteiger partial charge in [-0.1, -0.05) is 76.1 Å². The molecule has 0 atom stereocenters. The SMILES string of the molecule is C=C(C)C(=O)NCCCCCCCCCCCCOc1ccccc1. The first kappa shape index (κ1) is 21.3. The fourth-order valence-corrected chi connectivity index (χ4v) is 2.70. The summed E-state index contributed by atoms with van der Waals surface area (Å²) in [6.45, 7) is 6.97. The van der Waals surface area contributed by atoms with Gasteiger partial charge in [0.2, 0.25) is 5.91 Å². The predicted molar refractivity (Wildman–Crippen MR) is 106 cm³/mol. The highest BCUT2D eigenvalue weighted by atomic mass is 16.5. The molecule has 0 heterocycles. The van der Waals surface area contributed by atoms with E-state index in [0.717, 1.165) is 31.7 Å². The standard InChI is InChI=1S/C22H35NO2/c1-20(2)22(24)23-18-14-9-7-5-3-4-6-8-10-15-19-25-21-16-12-11-13-17-21/h11-13,16-17H,1,3-10,14-15,18-19H2,2H3,(H,23,24). The van der Waals surface area contributed by atoms with Crippen LogP contribution in [-0.2, 0) is 4.79 Å². The van der Waals surface area contributed by atoms with Crippen molar-refractivity contribution in [1.29, 1.82) is 0 Å². The first-order valence-corrected chi connectivity index (χ1v) is 9.81. The Hall–Kier alpha value is -1.77. The van der Waals surface area contributed by atoms with Crippen molar-refractivity contribution in [1.82, 2.24) is 5.32 Å². The molecular formula is C22H35NO2. The molecule has 0 aliphatic rings. The van der Waals surface area contributed by atoms with E-state index in [4.69, 9.17) is 4.74 Å². The minimum absolute atomic E-state index is 0.0193. The second-order valence-electron chi connectivity index (χ2n) is 6.73. The molecule has 1 aromatic rings. The van der Waals surface area contributed by atoms with Crippen molar-refractivity contribution in [2.45, 2.75) is 71.1 Å². The Morgan fingerprint density at radius 1 is 0.880 bits per heavy atom. The van der Waals surface area contributed by atoms with Crippen LogP contribution in [0.25, 0.3) is 0 Å². The third-order valence-electron chi connectivity index (χ3n) is 4.26. The number of hydrogen-bond donors (Lipinski definition) is 1. The quantitative estimate of drug-likeness (QED) is 0.329. The van der Waals surface area contributed by atoms with Crippen LogP contribution in [0.2, 0.25) is 0 Å². The van der Waals surface area contributed by atoms with Crippen LogP contribution >= 0.6 is 0 Å². The Kier molecular flexibility index (Phi) is 12.4. The number of unbranched alkanes of at least 4 members (excludes halogenated alkanes) is 9. The van der Waals surface area contributed by atoms with Gasteiger partial charge in [0.05, 0.1) is 6.61 Å². The maximum atomic E-state index is 11.3. The molecule has 1 rings (SSSR count). The van der Waals surface area contributed by atoms with E-state index in [1.165, 1.54) is 51.4 Å². The lowest BCUT2D eigenvalue weighted by Gasteiger charge is -2.06. The molecule has 0 aromatic heterocycles. The van der Waals surface area contributed by atoms with Crippen LogP contribution < -0.4 is 10.1 Å². The Morgan fingerprint density at radius 3 is 1.96 bits per heavy atom. The van der Waals surface area contributed by atoms with E-state index in [0.29, 0.717) is 5.57 Å². The van der Waals surface area contributed by atoms with Gasteiger partial charge < -0.3 is 10.1 Å². The third kappa shape index (κ3) is 12.3. The first-order chi connectivity index (χ1) is 12.2. The Labute approximate surface area is 153 Å². The van der Waals surface area contributed by atoms with E-state index in [1.807, 2.05) is 30.3 Å². The van der Waals surface area contributed by atoms with E-state index in [1.54, 1.807) is 6.92 Å². The number of amides is 1. The van der Waals surface area contributed by atoms with Gasteiger partial charge >= 0.3 is 0 Å². The van der Waals surface area contributed by atoms with Gasteiger partial charge in [-0.25, -0.2) is 0 Å². The zero-order valence-corrected chi connectivity index (χ0v) is 15.9. The summed E-state index contributed by atoms with van der Waals surface area (Å²) in [5.41, 5.74) is 0.589. The maximum absolute atomic E-state index is 11.3. The summed E-state index contributed by atoms with van der Waals surface area (Å²) >= 11 is 0. The van der Waals surface area contributed by atoms with Crippen LogP contribution in [0.1, 0.15) is 71.1 Å². The Balaban J connectivity index is 1.76. The van der Waals surface area contributed by atoms with Gasteiger partial charge in [-0.15, -0.1) is 0 Å². The fraction of sp³-hybridized carbons (Fsp3) is 0.591. The summed E-state index contributed by atoms with van der Waals surface area (Å²) in [5, 5.41) is 2.88. The number of rotatable bonds is 15. The van der Waals surface area contributed by atoms with Crippen LogP contribution in [0.15, 0.2) is 42.5 Å². The zero-order valence-electron chi connectivity index (χ0n) is 15.9. The Bertz CT molecular complexity index is 470. The molecule has 1 N–H and O–H groups in total. The van der Waals surface area contributed by atoms with Gasteiger partial charge in [-0.05, 0) is 31.9 Å². The highest BCUT2D eigenvalue weighted by molar-refractivity contribution is 5.91. The van der Waals surface area contributed by atoms with Crippen LogP contribution in [0, 0.1) is 0 Å². The molecule has 1 aromatic carbocycles. The zero-order chi connectivity index (χ0) is 18.2. The summed E-state index contributed by atoms with van der Waals surface area (Å²) in [7, 11) is 0. The number of ether oxygens (including phenoxy) is 1. The number of hydrogen-bond acceptors (Lipinski definition) is 2. The molecule has 0 unspecified atom stereocenters. The number of para-hydroxylation sites is 1. The van der Waals surface area contributed by atoms with E-state index in [2.05, 4.69) is 11.9 Å². The van der Waals surface area contributed by atoms with Gasteiger partial charge in [-0.2, -0.15) is 0 Å². The topological polar surface area (TPSA) is 38.3 Å². The smallest absolute Gasteiger partial charge is 0.246 e. The highest BCUT2D eigenvalue weighted by Gasteiger charge is 1.99. The van der Waals surface area contributed by atoms with Crippen LogP contribution in [0.5, 0.6) is 5.75 Å². The van der Waals surface area contributed by atoms with Gasteiger partial charge in [0.1, 0.15) is 5.75 Å². The van der Waals surface area contributed by atoms with Gasteiger partial charge in [0.15, 0.2) is 0 Å². The van der Waals surface area contributed by atoms with Gasteiger partial charge in [-0.3, -0.25) is 4.79 Å². The highest BCUT2D eigenvalue weighted by Crippen LogP contribution is 2.12. The van der Waals surface area contributed by atoms with Crippen LogP contribution in [-0.4, -0.2) is 19.1 Å². The normalized spacial score (nSPS) is 10.4. The molecule has 140 valence electrons. The molecule has 0 bridgehead atoms. The van der Waals surface area contributed by atoms with E-state index in [9.17, 15) is 4.79 Å². The Morgan fingerprint density at radius 2 is 1.40 bits per heavy atom. The molecule has 0 aliphatic heterocycles. The van der Waals surface area contributed by atoms with E-state index < -0.39 is 0 Å². The molecule has 0 fully saturated rings. The average Bonchev–Trinajstić information content (AvgIpc) is 2.62.